The van der Waals surface area contributed by atoms with Crippen molar-refractivity contribution in [1.29, 1.82) is 0 Å². The van der Waals surface area contributed by atoms with Crippen molar-refractivity contribution in [3.05, 3.63) is 53.9 Å². The Balaban J connectivity index is 2.15. The molecule has 5 nitrogen and oxygen atoms in total. The number of rotatable bonds is 4. The summed E-state index contributed by atoms with van der Waals surface area (Å²) in [4.78, 5) is 15.6. The Morgan fingerprint density at radius 1 is 1.37 bits per heavy atom. The molecule has 3 N–H and O–H groups in total. The fraction of sp³-hybridized carbons (Fsp3) is 0.143. The van der Waals surface area contributed by atoms with Crippen molar-refractivity contribution >= 4 is 17.3 Å². The smallest absolute Gasteiger partial charge is 0.340 e. The van der Waals surface area contributed by atoms with E-state index in [-0.39, 0.29) is 0 Å². The highest BCUT2D eigenvalue weighted by Crippen LogP contribution is 2.23. The predicted molar refractivity (Wildman–Crippen MR) is 73.8 cm³/mol. The summed E-state index contributed by atoms with van der Waals surface area (Å²) in [7, 11) is 1.33. The number of nitrogens with zero attached hydrogens (tertiary/aromatic N) is 1. The van der Waals surface area contributed by atoms with Crippen LogP contribution in [-0.4, -0.2) is 18.1 Å². The Bertz CT molecular complexity index is 570. The van der Waals surface area contributed by atoms with Gasteiger partial charge in [-0.05, 0) is 23.8 Å². The number of benzene rings is 1. The van der Waals surface area contributed by atoms with Gasteiger partial charge in [0.2, 0.25) is 0 Å². The van der Waals surface area contributed by atoms with Crippen molar-refractivity contribution in [3.8, 4) is 0 Å². The third-order valence-electron chi connectivity index (χ3n) is 2.72. The van der Waals surface area contributed by atoms with Crippen LogP contribution in [0.1, 0.15) is 15.9 Å². The van der Waals surface area contributed by atoms with Gasteiger partial charge in [0, 0.05) is 18.9 Å². The molecule has 0 amide bonds. The molecule has 0 unspecified atom stereocenters. The lowest BCUT2D eigenvalue weighted by atomic mass is 10.1. The van der Waals surface area contributed by atoms with Crippen LogP contribution in [0.15, 0.2) is 42.7 Å². The maximum Gasteiger partial charge on any atom is 0.340 e. The summed E-state index contributed by atoms with van der Waals surface area (Å²) in [6, 6.07) is 9.04. The fourth-order valence-corrected chi connectivity index (χ4v) is 1.71. The van der Waals surface area contributed by atoms with Gasteiger partial charge < -0.3 is 15.8 Å². The number of anilines is 2. The third-order valence-corrected chi connectivity index (χ3v) is 2.72. The maximum absolute atomic E-state index is 11.5. The minimum Gasteiger partial charge on any atom is -0.465 e. The molecule has 0 bridgehead atoms. The van der Waals surface area contributed by atoms with Gasteiger partial charge in [0.05, 0.1) is 24.0 Å². The average molecular weight is 257 g/mol. The van der Waals surface area contributed by atoms with Gasteiger partial charge in [-0.15, -0.1) is 0 Å². The van der Waals surface area contributed by atoms with E-state index in [1.54, 1.807) is 24.5 Å². The first-order chi connectivity index (χ1) is 9.22. The van der Waals surface area contributed by atoms with E-state index in [9.17, 15) is 4.79 Å². The number of methoxy groups -OCH3 is 1. The summed E-state index contributed by atoms with van der Waals surface area (Å²) in [5.74, 6) is -0.442. The number of carbonyl (C=O) groups excluding carboxylic acids is 1. The zero-order chi connectivity index (χ0) is 13.7. The number of aromatic nitrogens is 1. The number of carbonyl (C=O) groups is 1. The largest absolute Gasteiger partial charge is 0.465 e. The molecule has 0 aliphatic rings. The summed E-state index contributed by atoms with van der Waals surface area (Å²) in [6.45, 7) is 0.586. The SMILES string of the molecule is COC(=O)c1cccc(NCc2cccnc2)c1N. The van der Waals surface area contributed by atoms with Crippen LogP contribution < -0.4 is 11.1 Å². The minimum atomic E-state index is -0.442. The maximum atomic E-state index is 11.5. The Labute approximate surface area is 111 Å². The lowest BCUT2D eigenvalue weighted by Crippen LogP contribution is -2.09. The zero-order valence-corrected chi connectivity index (χ0v) is 10.6. The van der Waals surface area contributed by atoms with Crippen LogP contribution in [-0.2, 0) is 11.3 Å². The van der Waals surface area contributed by atoms with E-state index in [4.69, 9.17) is 5.73 Å². The molecule has 0 radical (unpaired) electrons. The first-order valence-electron chi connectivity index (χ1n) is 5.82. The summed E-state index contributed by atoms with van der Waals surface area (Å²) in [5.41, 5.74) is 8.43. The standard InChI is InChI=1S/C14H15N3O2/c1-19-14(18)11-5-2-6-12(13(11)15)17-9-10-4-3-7-16-8-10/h2-8,17H,9,15H2,1H3. The van der Waals surface area contributed by atoms with Gasteiger partial charge in [-0.25, -0.2) is 4.79 Å². The number of pyridine rings is 1. The Hall–Kier alpha value is -2.56. The lowest BCUT2D eigenvalue weighted by Gasteiger charge is -2.11. The van der Waals surface area contributed by atoms with Gasteiger partial charge in [-0.3, -0.25) is 4.98 Å². The van der Waals surface area contributed by atoms with Crippen LogP contribution in [0.25, 0.3) is 0 Å². The molecular weight excluding hydrogens is 242 g/mol. The molecule has 0 spiro atoms. The number of nitrogens with one attached hydrogen (secondary N) is 1. The normalized spacial score (nSPS) is 9.95. The molecule has 2 rings (SSSR count). The second-order valence-corrected chi connectivity index (χ2v) is 3.97. The van der Waals surface area contributed by atoms with Crippen LogP contribution in [0.3, 0.4) is 0 Å². The van der Waals surface area contributed by atoms with E-state index < -0.39 is 5.97 Å². The average Bonchev–Trinajstić information content (AvgIpc) is 2.46. The van der Waals surface area contributed by atoms with Crippen molar-refractivity contribution in [2.45, 2.75) is 6.54 Å². The topological polar surface area (TPSA) is 77.2 Å². The molecule has 0 fully saturated rings. The quantitative estimate of drug-likeness (QED) is 0.647. The van der Waals surface area contributed by atoms with Gasteiger partial charge in [0.15, 0.2) is 0 Å². The Morgan fingerprint density at radius 2 is 2.21 bits per heavy atom. The van der Waals surface area contributed by atoms with Gasteiger partial charge in [0.1, 0.15) is 0 Å². The highest BCUT2D eigenvalue weighted by Gasteiger charge is 2.12. The van der Waals surface area contributed by atoms with Gasteiger partial charge in [-0.1, -0.05) is 12.1 Å². The van der Waals surface area contributed by atoms with Crippen molar-refractivity contribution in [1.82, 2.24) is 4.98 Å². The molecule has 2 aromatic rings. The van der Waals surface area contributed by atoms with Crippen molar-refractivity contribution < 1.29 is 9.53 Å². The van der Waals surface area contributed by atoms with Crippen LogP contribution in [0.2, 0.25) is 0 Å². The van der Waals surface area contributed by atoms with Gasteiger partial charge in [-0.2, -0.15) is 0 Å². The highest BCUT2D eigenvalue weighted by molar-refractivity contribution is 5.98. The van der Waals surface area contributed by atoms with Crippen molar-refractivity contribution in [2.75, 3.05) is 18.2 Å². The summed E-state index contributed by atoms with van der Waals surface area (Å²) >= 11 is 0. The van der Waals surface area contributed by atoms with Crippen LogP contribution >= 0.6 is 0 Å². The molecule has 98 valence electrons. The van der Waals surface area contributed by atoms with E-state index in [0.29, 0.717) is 23.5 Å². The van der Waals surface area contributed by atoms with E-state index >= 15 is 0 Å². The summed E-state index contributed by atoms with van der Waals surface area (Å²) in [6.07, 6.45) is 3.49. The molecule has 0 atom stereocenters. The molecule has 0 saturated carbocycles. The fourth-order valence-electron chi connectivity index (χ4n) is 1.71. The van der Waals surface area contributed by atoms with E-state index in [2.05, 4.69) is 15.0 Å². The Kier molecular flexibility index (Phi) is 3.97. The van der Waals surface area contributed by atoms with Gasteiger partial charge in [0.25, 0.3) is 0 Å². The monoisotopic (exact) mass is 257 g/mol. The van der Waals surface area contributed by atoms with E-state index in [1.807, 2.05) is 18.2 Å². The second kappa shape index (κ2) is 5.86. The van der Waals surface area contributed by atoms with Crippen LogP contribution in [0, 0.1) is 0 Å². The number of para-hydroxylation sites is 1. The molecule has 1 heterocycles. The molecule has 5 heteroatoms. The molecule has 1 aromatic heterocycles. The third kappa shape index (κ3) is 3.01. The van der Waals surface area contributed by atoms with Gasteiger partial charge >= 0.3 is 5.97 Å². The second-order valence-electron chi connectivity index (χ2n) is 3.97. The summed E-state index contributed by atoms with van der Waals surface area (Å²) in [5, 5.41) is 3.18. The van der Waals surface area contributed by atoms with Crippen LogP contribution in [0.5, 0.6) is 0 Å². The molecule has 0 aliphatic carbocycles. The minimum absolute atomic E-state index is 0.360. The Morgan fingerprint density at radius 3 is 2.89 bits per heavy atom. The first-order valence-corrected chi connectivity index (χ1v) is 5.82. The molecule has 19 heavy (non-hydrogen) atoms. The van der Waals surface area contributed by atoms with Crippen molar-refractivity contribution in [2.24, 2.45) is 0 Å². The molecule has 0 aliphatic heterocycles. The number of hydrogen-bond acceptors (Lipinski definition) is 5. The van der Waals surface area contributed by atoms with E-state index in [1.165, 1.54) is 7.11 Å². The summed E-state index contributed by atoms with van der Waals surface area (Å²) < 4.78 is 4.68. The lowest BCUT2D eigenvalue weighted by molar-refractivity contribution is 0.0602. The van der Waals surface area contributed by atoms with E-state index in [0.717, 1.165) is 5.56 Å². The number of nitrogen functional groups attached to an aromatic ring is 1. The number of ether oxygens (including phenoxy) is 1. The predicted octanol–water partition coefficient (Wildman–Crippen LogP) is 2.06. The molecule has 1 aromatic carbocycles. The molecule has 0 saturated heterocycles. The number of nitrogens with two attached hydrogens (primary N) is 1. The highest BCUT2D eigenvalue weighted by atomic mass is 16.5. The number of hydrogen-bond donors (Lipinski definition) is 2. The number of esters is 1. The van der Waals surface area contributed by atoms with Crippen LogP contribution in [0.4, 0.5) is 11.4 Å². The first kappa shape index (κ1) is 12.9. The molecular formula is C14H15N3O2. The zero-order valence-electron chi connectivity index (χ0n) is 10.6. The van der Waals surface area contributed by atoms with Crippen molar-refractivity contribution in [3.63, 3.8) is 0 Å².